The highest BCUT2D eigenvalue weighted by Gasteiger charge is 2.11. The van der Waals surface area contributed by atoms with Gasteiger partial charge in [0.1, 0.15) is 6.61 Å². The van der Waals surface area contributed by atoms with Crippen LogP contribution in [0.3, 0.4) is 0 Å². The van der Waals surface area contributed by atoms with Crippen LogP contribution >= 0.6 is 15.9 Å². The lowest BCUT2D eigenvalue weighted by atomic mass is 10.2. The van der Waals surface area contributed by atoms with E-state index in [0.717, 1.165) is 6.08 Å². The molecule has 0 atom stereocenters. The molecule has 0 N–H and O–H groups in total. The van der Waals surface area contributed by atoms with Gasteiger partial charge in [-0.05, 0) is 13.8 Å². The van der Waals surface area contributed by atoms with Crippen molar-refractivity contribution in [2.75, 3.05) is 19.8 Å². The molecule has 0 unspecified atom stereocenters. The van der Waals surface area contributed by atoms with Crippen LogP contribution in [-0.4, -0.2) is 30.1 Å². The van der Waals surface area contributed by atoms with Gasteiger partial charge >= 0.3 is 5.97 Å². The van der Waals surface area contributed by atoms with Gasteiger partial charge in [-0.2, -0.15) is 0 Å². The first-order chi connectivity index (χ1) is 5.95. The molecule has 76 valence electrons. The van der Waals surface area contributed by atoms with Gasteiger partial charge in [-0.15, -0.1) is 0 Å². The average Bonchev–Trinajstić information content (AvgIpc) is 2.01. The highest BCUT2D eigenvalue weighted by atomic mass is 79.9. The molecular formula is C9H15BrO3. The molecule has 0 aromatic heterocycles. The molecule has 4 heteroatoms. The minimum absolute atomic E-state index is 0.0323. The molecule has 0 bridgehead atoms. The van der Waals surface area contributed by atoms with Crippen molar-refractivity contribution in [2.45, 2.75) is 18.2 Å². The van der Waals surface area contributed by atoms with Crippen molar-refractivity contribution in [3.8, 4) is 0 Å². The highest BCUT2D eigenvalue weighted by molar-refractivity contribution is 9.10. The fourth-order valence-corrected chi connectivity index (χ4v) is 0.737. The number of carbonyl (C=O) groups excluding carboxylic acids is 1. The Hall–Kier alpha value is -0.350. The summed E-state index contributed by atoms with van der Waals surface area (Å²) in [7, 11) is 0. The van der Waals surface area contributed by atoms with Crippen LogP contribution in [0.25, 0.3) is 0 Å². The second-order valence-electron chi connectivity index (χ2n) is 3.14. The zero-order chi connectivity index (χ0) is 10.3. The monoisotopic (exact) mass is 250 g/mol. The van der Waals surface area contributed by atoms with E-state index < -0.39 is 5.97 Å². The van der Waals surface area contributed by atoms with Gasteiger partial charge in [0.2, 0.25) is 0 Å². The van der Waals surface area contributed by atoms with E-state index in [-0.39, 0.29) is 10.9 Å². The van der Waals surface area contributed by atoms with Crippen molar-refractivity contribution < 1.29 is 14.3 Å². The van der Waals surface area contributed by atoms with Gasteiger partial charge in [-0.1, -0.05) is 22.5 Å². The second kappa shape index (κ2) is 6.16. The van der Waals surface area contributed by atoms with Gasteiger partial charge in [-0.3, -0.25) is 0 Å². The van der Waals surface area contributed by atoms with E-state index in [4.69, 9.17) is 9.47 Å². The predicted molar refractivity (Wildman–Crippen MR) is 55.0 cm³/mol. The Morgan fingerprint density at radius 1 is 1.54 bits per heavy atom. The zero-order valence-corrected chi connectivity index (χ0v) is 9.59. The first-order valence-corrected chi connectivity index (χ1v) is 4.81. The van der Waals surface area contributed by atoms with Crippen LogP contribution in [0.4, 0.5) is 0 Å². The lowest BCUT2D eigenvalue weighted by molar-refractivity contribution is -0.139. The molecule has 0 aromatic carbocycles. The zero-order valence-electron chi connectivity index (χ0n) is 8.01. The van der Waals surface area contributed by atoms with E-state index in [1.807, 2.05) is 13.8 Å². The molecule has 0 aromatic rings. The van der Waals surface area contributed by atoms with Crippen molar-refractivity contribution in [3.05, 3.63) is 12.7 Å². The highest BCUT2D eigenvalue weighted by Crippen LogP contribution is 2.15. The summed E-state index contributed by atoms with van der Waals surface area (Å²) in [5, 5.41) is 0. The Bertz CT molecular complexity index is 172. The summed E-state index contributed by atoms with van der Waals surface area (Å²) >= 11 is 3.42. The van der Waals surface area contributed by atoms with Crippen LogP contribution < -0.4 is 0 Å². The molecule has 0 amide bonds. The molecule has 0 fully saturated rings. The van der Waals surface area contributed by atoms with Crippen LogP contribution in [0, 0.1) is 0 Å². The third kappa shape index (κ3) is 9.56. The summed E-state index contributed by atoms with van der Waals surface area (Å²) in [5.41, 5.74) is 0. The molecule has 3 nitrogen and oxygen atoms in total. The van der Waals surface area contributed by atoms with Crippen molar-refractivity contribution in [3.63, 3.8) is 0 Å². The Morgan fingerprint density at radius 2 is 2.15 bits per heavy atom. The largest absolute Gasteiger partial charge is 0.460 e. The number of ether oxygens (including phenoxy) is 2. The van der Waals surface area contributed by atoms with Crippen LogP contribution in [0.2, 0.25) is 0 Å². The topological polar surface area (TPSA) is 35.5 Å². The Morgan fingerprint density at radius 3 is 2.62 bits per heavy atom. The summed E-state index contributed by atoms with van der Waals surface area (Å²) in [6.07, 6.45) is 1.13. The molecule has 0 aliphatic carbocycles. The van der Waals surface area contributed by atoms with Crippen LogP contribution in [-0.2, 0) is 14.3 Å². The number of esters is 1. The molecule has 0 aliphatic heterocycles. The molecule has 0 aliphatic rings. The first-order valence-electron chi connectivity index (χ1n) is 4.01. The fraction of sp³-hybridized carbons (Fsp3) is 0.667. The SMILES string of the molecule is C=CC(=O)OCCOCC(C)(C)Br. The van der Waals surface area contributed by atoms with E-state index in [2.05, 4.69) is 22.5 Å². The summed E-state index contributed by atoms with van der Waals surface area (Å²) in [6, 6.07) is 0. The maximum Gasteiger partial charge on any atom is 0.330 e. The quantitative estimate of drug-likeness (QED) is 0.313. The standard InChI is InChI=1S/C9H15BrO3/c1-4-8(11)13-6-5-12-7-9(2,3)10/h4H,1,5-7H2,2-3H3. The summed E-state index contributed by atoms with van der Waals surface area (Å²) in [4.78, 5) is 10.6. The van der Waals surface area contributed by atoms with Gasteiger partial charge in [-0.25, -0.2) is 4.79 Å². The molecular weight excluding hydrogens is 236 g/mol. The smallest absolute Gasteiger partial charge is 0.330 e. The number of rotatable bonds is 6. The third-order valence-electron chi connectivity index (χ3n) is 1.08. The summed E-state index contributed by atoms with van der Waals surface area (Å²) < 4.78 is 9.91. The number of halogens is 1. The van der Waals surface area contributed by atoms with Crippen LogP contribution in [0.15, 0.2) is 12.7 Å². The number of hydrogen-bond acceptors (Lipinski definition) is 3. The van der Waals surface area contributed by atoms with E-state index in [1.165, 1.54) is 0 Å². The molecule has 0 spiro atoms. The molecule has 0 heterocycles. The molecule has 13 heavy (non-hydrogen) atoms. The van der Waals surface area contributed by atoms with Crippen molar-refractivity contribution >= 4 is 21.9 Å². The Kier molecular flexibility index (Phi) is 5.99. The molecule has 0 radical (unpaired) electrons. The number of carbonyl (C=O) groups is 1. The van der Waals surface area contributed by atoms with Crippen molar-refractivity contribution in [1.29, 1.82) is 0 Å². The maximum absolute atomic E-state index is 10.6. The van der Waals surface area contributed by atoms with Gasteiger partial charge < -0.3 is 9.47 Å². The Balaban J connectivity index is 3.27. The van der Waals surface area contributed by atoms with E-state index in [0.29, 0.717) is 13.2 Å². The summed E-state index contributed by atoms with van der Waals surface area (Å²) in [5.74, 6) is -0.415. The fourth-order valence-electron chi connectivity index (χ4n) is 0.575. The van der Waals surface area contributed by atoms with Crippen LogP contribution in [0.1, 0.15) is 13.8 Å². The number of hydrogen-bond donors (Lipinski definition) is 0. The van der Waals surface area contributed by atoms with E-state index >= 15 is 0 Å². The normalized spacial score (nSPS) is 11.0. The third-order valence-corrected chi connectivity index (χ3v) is 1.31. The number of alkyl halides is 1. The summed E-state index contributed by atoms with van der Waals surface area (Å²) in [6.45, 7) is 8.55. The lowest BCUT2D eigenvalue weighted by Crippen LogP contribution is -2.20. The van der Waals surface area contributed by atoms with Crippen LogP contribution in [0.5, 0.6) is 0 Å². The van der Waals surface area contributed by atoms with Gasteiger partial charge in [0, 0.05) is 10.4 Å². The minimum Gasteiger partial charge on any atom is -0.460 e. The average molecular weight is 251 g/mol. The Labute approximate surface area is 87.2 Å². The van der Waals surface area contributed by atoms with Crippen molar-refractivity contribution in [1.82, 2.24) is 0 Å². The molecule has 0 saturated carbocycles. The molecule has 0 saturated heterocycles. The van der Waals surface area contributed by atoms with Gasteiger partial charge in [0.05, 0.1) is 13.2 Å². The van der Waals surface area contributed by atoms with Crippen molar-refractivity contribution in [2.24, 2.45) is 0 Å². The first kappa shape index (κ1) is 12.7. The lowest BCUT2D eigenvalue weighted by Gasteiger charge is -2.15. The van der Waals surface area contributed by atoms with E-state index in [9.17, 15) is 4.79 Å². The maximum atomic E-state index is 10.6. The van der Waals surface area contributed by atoms with E-state index in [1.54, 1.807) is 0 Å². The minimum atomic E-state index is -0.415. The van der Waals surface area contributed by atoms with Gasteiger partial charge in [0.15, 0.2) is 0 Å². The second-order valence-corrected chi connectivity index (χ2v) is 5.29. The van der Waals surface area contributed by atoms with Gasteiger partial charge in [0.25, 0.3) is 0 Å². The molecule has 0 rings (SSSR count). The predicted octanol–water partition coefficient (Wildman–Crippen LogP) is 1.91.